The van der Waals surface area contributed by atoms with Gasteiger partial charge in [-0.05, 0) is 43.5 Å². The summed E-state index contributed by atoms with van der Waals surface area (Å²) >= 11 is 0. The summed E-state index contributed by atoms with van der Waals surface area (Å²) < 4.78 is 78.0. The number of methoxy groups -OCH3 is 4. The zero-order chi connectivity index (χ0) is 26.5. The summed E-state index contributed by atoms with van der Waals surface area (Å²) in [5.74, 6) is 1.44. The predicted molar refractivity (Wildman–Crippen MR) is 135 cm³/mol. The number of nitrogens with zero attached hydrogens (tertiary/aromatic N) is 2. The first kappa shape index (κ1) is 28.0. The second-order valence-electron chi connectivity index (χ2n) is 8.31. The van der Waals surface area contributed by atoms with Crippen LogP contribution < -0.4 is 18.9 Å². The van der Waals surface area contributed by atoms with Gasteiger partial charge >= 0.3 is 0 Å². The van der Waals surface area contributed by atoms with Crippen molar-refractivity contribution >= 4 is 20.0 Å². The number of hydrogen-bond donors (Lipinski definition) is 0. The SMILES string of the molecule is CCCN(C[C@@H]1CCCN1S(=O)(=O)c1ccc(OC)c(OC)c1)S(=O)(=O)c1ccc(OC)c(OC)c1. The fourth-order valence-electron chi connectivity index (χ4n) is 4.34. The van der Waals surface area contributed by atoms with E-state index >= 15 is 0 Å². The topological polar surface area (TPSA) is 112 Å². The van der Waals surface area contributed by atoms with Crippen molar-refractivity contribution in [2.75, 3.05) is 48.1 Å². The minimum absolute atomic E-state index is 0.0387. The quantitative estimate of drug-likeness (QED) is 0.403. The normalized spacial score (nSPS) is 16.8. The molecule has 1 aliphatic rings. The number of rotatable bonds is 12. The third-order valence-electron chi connectivity index (χ3n) is 6.16. The number of hydrogen-bond acceptors (Lipinski definition) is 8. The van der Waals surface area contributed by atoms with Gasteiger partial charge in [-0.25, -0.2) is 16.8 Å². The van der Waals surface area contributed by atoms with Crippen LogP contribution in [-0.4, -0.2) is 79.6 Å². The van der Waals surface area contributed by atoms with E-state index in [9.17, 15) is 16.8 Å². The Bertz CT molecular complexity index is 1260. The molecule has 0 unspecified atom stereocenters. The van der Waals surface area contributed by atoms with Crippen LogP contribution in [0.3, 0.4) is 0 Å². The highest BCUT2D eigenvalue weighted by atomic mass is 32.2. The summed E-state index contributed by atoms with van der Waals surface area (Å²) in [7, 11) is -1.99. The van der Waals surface area contributed by atoms with Crippen LogP contribution in [0.25, 0.3) is 0 Å². The molecule has 0 amide bonds. The Balaban J connectivity index is 1.92. The average molecular weight is 543 g/mol. The highest BCUT2D eigenvalue weighted by molar-refractivity contribution is 7.89. The molecule has 1 heterocycles. The van der Waals surface area contributed by atoms with Crippen LogP contribution in [0.15, 0.2) is 46.2 Å². The number of sulfonamides is 2. The summed E-state index contributed by atoms with van der Waals surface area (Å²) in [6.45, 7) is 2.47. The highest BCUT2D eigenvalue weighted by Crippen LogP contribution is 2.34. The van der Waals surface area contributed by atoms with E-state index in [0.29, 0.717) is 48.8 Å². The van der Waals surface area contributed by atoms with Crippen LogP contribution in [0, 0.1) is 0 Å². The van der Waals surface area contributed by atoms with E-state index in [1.807, 2.05) is 6.92 Å². The minimum Gasteiger partial charge on any atom is -0.493 e. The zero-order valence-electron chi connectivity index (χ0n) is 21.3. The lowest BCUT2D eigenvalue weighted by Gasteiger charge is -2.30. The minimum atomic E-state index is -3.92. The smallest absolute Gasteiger partial charge is 0.243 e. The third kappa shape index (κ3) is 5.56. The summed E-state index contributed by atoms with van der Waals surface area (Å²) in [6.07, 6.45) is 1.75. The first-order valence-corrected chi connectivity index (χ1v) is 14.5. The lowest BCUT2D eigenvalue weighted by molar-refractivity contribution is 0.304. The maximum atomic E-state index is 13.6. The molecule has 1 aliphatic heterocycles. The van der Waals surface area contributed by atoms with Crippen molar-refractivity contribution < 1.29 is 35.8 Å². The van der Waals surface area contributed by atoms with Crippen LogP contribution >= 0.6 is 0 Å². The van der Waals surface area contributed by atoms with Gasteiger partial charge in [0.25, 0.3) is 0 Å². The van der Waals surface area contributed by atoms with Crippen LogP contribution in [0.4, 0.5) is 0 Å². The number of ether oxygens (including phenoxy) is 4. The maximum Gasteiger partial charge on any atom is 0.243 e. The summed E-state index contributed by atoms with van der Waals surface area (Å²) in [5, 5.41) is 0. The molecule has 0 radical (unpaired) electrons. The van der Waals surface area contributed by atoms with Gasteiger partial charge in [-0.15, -0.1) is 0 Å². The van der Waals surface area contributed by atoms with Gasteiger partial charge < -0.3 is 18.9 Å². The van der Waals surface area contributed by atoms with Crippen LogP contribution in [0.1, 0.15) is 26.2 Å². The Labute approximate surface area is 213 Å². The molecule has 1 fully saturated rings. The molecule has 36 heavy (non-hydrogen) atoms. The lowest BCUT2D eigenvalue weighted by atomic mass is 10.2. The van der Waals surface area contributed by atoms with Crippen LogP contribution in [0.2, 0.25) is 0 Å². The Kier molecular flexibility index (Phi) is 9.09. The molecule has 0 aliphatic carbocycles. The average Bonchev–Trinajstić information content (AvgIpc) is 3.36. The molecule has 1 atom stereocenters. The van der Waals surface area contributed by atoms with Crippen molar-refractivity contribution in [3.63, 3.8) is 0 Å². The standard InChI is InChI=1S/C24H34N2O8S2/c1-6-13-25(35(27,28)19-9-11-21(31-2)23(15-19)33-4)17-18-8-7-14-26(18)36(29,30)20-10-12-22(32-3)24(16-20)34-5/h9-12,15-16,18H,6-8,13-14,17H2,1-5H3/t18-/m0/s1. The Hall–Kier alpha value is -2.54. The van der Waals surface area contributed by atoms with E-state index in [2.05, 4.69) is 0 Å². The largest absolute Gasteiger partial charge is 0.493 e. The molecule has 1 saturated heterocycles. The highest BCUT2D eigenvalue weighted by Gasteiger charge is 2.39. The van der Waals surface area contributed by atoms with Gasteiger partial charge in [-0.1, -0.05) is 6.92 Å². The van der Waals surface area contributed by atoms with E-state index in [0.717, 1.165) is 0 Å². The monoisotopic (exact) mass is 542 g/mol. The predicted octanol–water partition coefficient (Wildman–Crippen LogP) is 2.98. The molecule has 0 saturated carbocycles. The van der Waals surface area contributed by atoms with E-state index in [-0.39, 0.29) is 22.9 Å². The van der Waals surface area contributed by atoms with Gasteiger partial charge in [0.1, 0.15) is 0 Å². The second kappa shape index (κ2) is 11.7. The van der Waals surface area contributed by atoms with E-state index in [4.69, 9.17) is 18.9 Å². The first-order chi connectivity index (χ1) is 17.1. The zero-order valence-corrected chi connectivity index (χ0v) is 22.9. The number of benzene rings is 2. The summed E-state index contributed by atoms with van der Waals surface area (Å²) in [5.41, 5.74) is 0. The van der Waals surface area contributed by atoms with Gasteiger partial charge in [-0.2, -0.15) is 8.61 Å². The van der Waals surface area contributed by atoms with Crippen molar-refractivity contribution in [2.45, 2.75) is 42.0 Å². The molecule has 0 bridgehead atoms. The van der Waals surface area contributed by atoms with Crippen LogP contribution in [-0.2, 0) is 20.0 Å². The lowest BCUT2D eigenvalue weighted by Crippen LogP contribution is -2.45. The summed E-state index contributed by atoms with van der Waals surface area (Å²) in [4.78, 5) is 0.123. The molecule has 12 heteroatoms. The van der Waals surface area contributed by atoms with Crippen molar-refractivity contribution in [1.29, 1.82) is 0 Å². The Morgan fingerprint density at radius 3 is 1.89 bits per heavy atom. The van der Waals surface area contributed by atoms with Crippen molar-refractivity contribution in [3.8, 4) is 23.0 Å². The summed E-state index contributed by atoms with van der Waals surface area (Å²) in [6, 6.07) is 8.35. The van der Waals surface area contributed by atoms with Crippen LogP contribution in [0.5, 0.6) is 23.0 Å². The van der Waals surface area contributed by atoms with E-state index < -0.39 is 26.1 Å². The van der Waals surface area contributed by atoms with Crippen molar-refractivity contribution in [2.24, 2.45) is 0 Å². The van der Waals surface area contributed by atoms with Crippen molar-refractivity contribution in [1.82, 2.24) is 8.61 Å². The second-order valence-corrected chi connectivity index (χ2v) is 12.1. The molecule has 10 nitrogen and oxygen atoms in total. The Morgan fingerprint density at radius 1 is 0.833 bits per heavy atom. The molecular formula is C24H34N2O8S2. The molecule has 2 aromatic carbocycles. The van der Waals surface area contributed by atoms with Gasteiger partial charge in [0.2, 0.25) is 20.0 Å². The third-order valence-corrected chi connectivity index (χ3v) is 9.97. The molecule has 0 aromatic heterocycles. The first-order valence-electron chi connectivity index (χ1n) is 11.6. The molecular weight excluding hydrogens is 508 g/mol. The Morgan fingerprint density at radius 2 is 1.36 bits per heavy atom. The van der Waals surface area contributed by atoms with Gasteiger partial charge in [-0.3, -0.25) is 0 Å². The van der Waals surface area contributed by atoms with E-state index in [1.165, 1.54) is 61.3 Å². The van der Waals surface area contributed by atoms with Gasteiger partial charge in [0, 0.05) is 37.8 Å². The molecule has 0 N–H and O–H groups in total. The fraction of sp³-hybridized carbons (Fsp3) is 0.500. The van der Waals surface area contributed by atoms with Gasteiger partial charge in [0.05, 0.1) is 38.2 Å². The van der Waals surface area contributed by atoms with Crippen molar-refractivity contribution in [3.05, 3.63) is 36.4 Å². The van der Waals surface area contributed by atoms with Gasteiger partial charge in [0.15, 0.2) is 23.0 Å². The molecule has 200 valence electrons. The van der Waals surface area contributed by atoms with E-state index in [1.54, 1.807) is 12.1 Å². The maximum absolute atomic E-state index is 13.6. The fourth-order valence-corrected chi connectivity index (χ4v) is 7.63. The molecule has 3 rings (SSSR count). The molecule has 0 spiro atoms. The molecule has 2 aromatic rings.